The highest BCUT2D eigenvalue weighted by molar-refractivity contribution is 7.85. The summed E-state index contributed by atoms with van der Waals surface area (Å²) < 4.78 is 2.33. The quantitative estimate of drug-likeness (QED) is 0.190. The van der Waals surface area contributed by atoms with Gasteiger partial charge in [0.05, 0.1) is 0 Å². The fourth-order valence-electron chi connectivity index (χ4n) is 2.93. The Balaban J connectivity index is 0.00000163. The highest BCUT2D eigenvalue weighted by atomic mass is 32.1. The number of aromatic nitrogens is 1. The number of hydrogen-bond acceptors (Lipinski definition) is 2. The van der Waals surface area contributed by atoms with Gasteiger partial charge in [-0.15, -0.1) is 0 Å². The van der Waals surface area contributed by atoms with Crippen molar-refractivity contribution < 1.29 is 4.57 Å². The van der Waals surface area contributed by atoms with E-state index in [4.69, 9.17) is 5.26 Å². The van der Waals surface area contributed by atoms with Crippen LogP contribution in [0.2, 0.25) is 0 Å². The van der Waals surface area contributed by atoms with Crippen molar-refractivity contribution in [1.82, 2.24) is 0 Å². The highest BCUT2D eigenvalue weighted by Gasteiger charge is 1.99. The van der Waals surface area contributed by atoms with E-state index in [2.05, 4.69) is 55.6 Å². The van der Waals surface area contributed by atoms with Crippen molar-refractivity contribution >= 4 is 12.6 Å². The summed E-state index contributed by atoms with van der Waals surface area (Å²) in [6, 6.07) is 4.31. The van der Waals surface area contributed by atoms with Crippen LogP contribution in [0.3, 0.4) is 0 Å². The molecule has 1 rings (SSSR count). The van der Waals surface area contributed by atoms with Gasteiger partial charge in [-0.2, -0.15) is 5.26 Å². The maximum atomic E-state index is 7.18. The molecule has 0 spiro atoms. The molecule has 0 aromatic carbocycles. The van der Waals surface area contributed by atoms with Gasteiger partial charge in [0.25, 0.3) is 0 Å². The smallest absolute Gasteiger partial charge is 0.171 e. The summed E-state index contributed by atoms with van der Waals surface area (Å²) in [5, 5.41) is 8.63. The molecule has 0 aliphatic rings. The summed E-state index contributed by atoms with van der Waals surface area (Å²) in [6.45, 7) is 5.63. The lowest BCUT2D eigenvalue weighted by atomic mass is 10.1. The number of rotatable bonds is 13. The van der Waals surface area contributed by atoms with E-state index in [-0.39, 0.29) is 0 Å². The standard InChI is InChI=1S/C20H36N.CHNS/c1-3-4-5-6-7-8-9-10-11-12-13-14-17-21-18-15-16-20(2)19-21;2-1-3/h15-16,18-19H,3-14,17H2,1-2H3;3H/q+1;. The van der Waals surface area contributed by atoms with Crippen molar-refractivity contribution in [3.8, 4) is 5.40 Å². The average Bonchev–Trinajstić information content (AvgIpc) is 2.57. The maximum absolute atomic E-state index is 7.18. The first kappa shape index (κ1) is 23.0. The molecule has 0 radical (unpaired) electrons. The molecule has 0 fully saturated rings. The number of nitrogens with zero attached hydrogens (tertiary/aromatic N) is 2. The lowest BCUT2D eigenvalue weighted by molar-refractivity contribution is -0.697. The van der Waals surface area contributed by atoms with Crippen LogP contribution in [0.25, 0.3) is 0 Å². The van der Waals surface area contributed by atoms with Gasteiger partial charge in [0.2, 0.25) is 0 Å². The van der Waals surface area contributed by atoms with Crippen LogP contribution in [0.4, 0.5) is 0 Å². The first-order valence-electron chi connectivity index (χ1n) is 9.73. The van der Waals surface area contributed by atoms with Crippen LogP contribution in [0.1, 0.15) is 89.5 Å². The molecule has 0 saturated heterocycles. The normalized spacial score (nSPS) is 9.92. The van der Waals surface area contributed by atoms with Crippen molar-refractivity contribution in [2.45, 2.75) is 97.4 Å². The van der Waals surface area contributed by atoms with Gasteiger partial charge in [-0.25, -0.2) is 4.57 Å². The van der Waals surface area contributed by atoms with Gasteiger partial charge in [-0.05, 0) is 19.4 Å². The van der Waals surface area contributed by atoms with Crippen LogP contribution in [0.15, 0.2) is 24.5 Å². The largest absolute Gasteiger partial charge is 0.205 e. The van der Waals surface area contributed by atoms with Gasteiger partial charge in [0.1, 0.15) is 11.9 Å². The summed E-state index contributed by atoms with van der Waals surface area (Å²) >= 11 is 3.09. The third-order valence-electron chi connectivity index (χ3n) is 4.28. The molecule has 0 bridgehead atoms. The summed E-state index contributed by atoms with van der Waals surface area (Å²) in [4.78, 5) is 0. The second-order valence-corrected chi connectivity index (χ2v) is 6.81. The van der Waals surface area contributed by atoms with Crippen LogP contribution in [0.5, 0.6) is 0 Å². The number of pyridine rings is 1. The fraction of sp³-hybridized carbons (Fsp3) is 0.714. The Morgan fingerprint density at radius 1 is 0.917 bits per heavy atom. The highest BCUT2D eigenvalue weighted by Crippen LogP contribution is 2.11. The van der Waals surface area contributed by atoms with E-state index < -0.39 is 0 Å². The lowest BCUT2D eigenvalue weighted by Crippen LogP contribution is -2.32. The van der Waals surface area contributed by atoms with Gasteiger partial charge in [0, 0.05) is 18.1 Å². The van der Waals surface area contributed by atoms with E-state index in [9.17, 15) is 0 Å². The summed E-state index contributed by atoms with van der Waals surface area (Å²) in [7, 11) is 0. The van der Waals surface area contributed by atoms with E-state index in [1.54, 1.807) is 0 Å². The van der Waals surface area contributed by atoms with Gasteiger partial charge in [-0.3, -0.25) is 0 Å². The molecule has 0 N–H and O–H groups in total. The Bertz CT molecular complexity index is 426. The Morgan fingerprint density at radius 2 is 1.38 bits per heavy atom. The minimum atomic E-state index is 1.18. The maximum Gasteiger partial charge on any atom is 0.171 e. The fourth-order valence-corrected chi connectivity index (χ4v) is 2.93. The molecule has 0 saturated carbocycles. The zero-order valence-corrected chi connectivity index (χ0v) is 16.7. The zero-order chi connectivity index (χ0) is 17.9. The first-order chi connectivity index (χ1) is 11.7. The van der Waals surface area contributed by atoms with Gasteiger partial charge >= 0.3 is 0 Å². The first-order valence-corrected chi connectivity index (χ1v) is 10.2. The Kier molecular flexibility index (Phi) is 17.6. The van der Waals surface area contributed by atoms with Crippen LogP contribution in [0, 0.1) is 17.6 Å². The van der Waals surface area contributed by atoms with E-state index in [0.717, 1.165) is 0 Å². The van der Waals surface area contributed by atoms with Crippen LogP contribution < -0.4 is 4.57 Å². The molecule has 0 unspecified atom stereocenters. The van der Waals surface area contributed by atoms with E-state index in [1.807, 2.05) is 0 Å². The van der Waals surface area contributed by atoms with E-state index >= 15 is 0 Å². The molecular weight excluding hydrogens is 312 g/mol. The van der Waals surface area contributed by atoms with Crippen molar-refractivity contribution in [1.29, 1.82) is 5.26 Å². The molecule has 0 atom stereocenters. The molecule has 0 aliphatic carbocycles. The van der Waals surface area contributed by atoms with Crippen molar-refractivity contribution in [3.05, 3.63) is 30.1 Å². The predicted octanol–water partition coefficient (Wildman–Crippen LogP) is 6.38. The van der Waals surface area contributed by atoms with E-state index in [1.165, 1.54) is 94.6 Å². The topological polar surface area (TPSA) is 27.7 Å². The van der Waals surface area contributed by atoms with E-state index in [0.29, 0.717) is 0 Å². The van der Waals surface area contributed by atoms with Crippen LogP contribution in [-0.4, -0.2) is 0 Å². The van der Waals surface area contributed by atoms with Gasteiger partial charge < -0.3 is 0 Å². The number of aryl methyl sites for hydroxylation is 2. The number of thiocyanates is 1. The molecular formula is C21H37N2S+. The molecule has 1 aromatic rings. The Labute approximate surface area is 155 Å². The zero-order valence-electron chi connectivity index (χ0n) is 15.8. The monoisotopic (exact) mass is 349 g/mol. The average molecular weight is 350 g/mol. The Hall–Kier alpha value is -1.01. The predicted molar refractivity (Wildman–Crippen MR) is 107 cm³/mol. The van der Waals surface area contributed by atoms with Crippen LogP contribution in [-0.2, 0) is 6.54 Å². The molecule has 136 valence electrons. The van der Waals surface area contributed by atoms with Crippen molar-refractivity contribution in [3.63, 3.8) is 0 Å². The third-order valence-corrected chi connectivity index (χ3v) is 4.28. The molecule has 0 aliphatic heterocycles. The van der Waals surface area contributed by atoms with Crippen LogP contribution >= 0.6 is 12.6 Å². The minimum absolute atomic E-state index is 1.18. The van der Waals surface area contributed by atoms with Gasteiger partial charge in [-0.1, -0.05) is 83.8 Å². The molecule has 0 amide bonds. The minimum Gasteiger partial charge on any atom is -0.205 e. The summed E-state index contributed by atoms with van der Waals surface area (Å²) in [5.74, 6) is 0. The molecule has 1 aromatic heterocycles. The molecule has 2 nitrogen and oxygen atoms in total. The number of thiol groups is 1. The number of hydrogen-bond donors (Lipinski definition) is 1. The molecule has 3 heteroatoms. The number of unbranched alkanes of at least 4 members (excludes halogenated alkanes) is 11. The Morgan fingerprint density at radius 3 is 1.83 bits per heavy atom. The summed E-state index contributed by atoms with van der Waals surface area (Å²) in [6.07, 6.45) is 21.5. The second-order valence-electron chi connectivity index (χ2n) is 6.61. The third kappa shape index (κ3) is 15.9. The van der Waals surface area contributed by atoms with Gasteiger partial charge in [0.15, 0.2) is 12.4 Å². The summed E-state index contributed by atoms with van der Waals surface area (Å²) in [5.41, 5.74) is 1.36. The molecule has 24 heavy (non-hydrogen) atoms. The van der Waals surface area contributed by atoms with Crippen molar-refractivity contribution in [2.24, 2.45) is 0 Å². The SMILES string of the molecule is CCCCCCCCCCCCCC[n+]1cccc(C)c1.N#CS. The van der Waals surface area contributed by atoms with Crippen molar-refractivity contribution in [2.75, 3.05) is 0 Å². The lowest BCUT2D eigenvalue weighted by Gasteiger charge is -2.02. The second kappa shape index (κ2) is 18.3. The molecule has 1 heterocycles. The number of nitriles is 1.